The van der Waals surface area contributed by atoms with E-state index in [9.17, 15) is 14.4 Å². The van der Waals surface area contributed by atoms with Gasteiger partial charge < -0.3 is 43.4 Å². The van der Waals surface area contributed by atoms with Crippen LogP contribution >= 0.6 is 0 Å². The lowest BCUT2D eigenvalue weighted by molar-refractivity contribution is 0.0158. The molecule has 0 bridgehead atoms. The third-order valence-electron chi connectivity index (χ3n) is 9.11. The zero-order valence-corrected chi connectivity index (χ0v) is 30.2. The van der Waals surface area contributed by atoms with E-state index in [0.29, 0.717) is 23.7 Å². The van der Waals surface area contributed by atoms with Gasteiger partial charge in [0.15, 0.2) is 0 Å². The molecular formula is C37H50N6O6. The molecule has 0 radical (unpaired) electrons. The number of aryl methyl sites for hydroxylation is 2. The van der Waals surface area contributed by atoms with Crippen LogP contribution in [0.3, 0.4) is 0 Å². The minimum Gasteiger partial charge on any atom is -0.465 e. The van der Waals surface area contributed by atoms with Crippen LogP contribution in [0.2, 0.25) is 0 Å². The van der Waals surface area contributed by atoms with Crippen LogP contribution in [-0.4, -0.2) is 103 Å². The van der Waals surface area contributed by atoms with E-state index in [0.717, 1.165) is 60.2 Å². The first-order chi connectivity index (χ1) is 23.2. The summed E-state index contributed by atoms with van der Waals surface area (Å²) in [6, 6.07) is 12.9. The summed E-state index contributed by atoms with van der Waals surface area (Å²) in [7, 11) is 6.68. The van der Waals surface area contributed by atoms with Crippen molar-refractivity contribution in [2.45, 2.75) is 52.3 Å². The highest BCUT2D eigenvalue weighted by Crippen LogP contribution is 2.29. The van der Waals surface area contributed by atoms with Gasteiger partial charge in [-0.3, -0.25) is 0 Å². The molecule has 0 saturated carbocycles. The van der Waals surface area contributed by atoms with Crippen molar-refractivity contribution in [1.29, 1.82) is 0 Å². The van der Waals surface area contributed by atoms with Crippen molar-refractivity contribution in [2.24, 2.45) is 14.1 Å². The molecule has 1 amide bonds. The summed E-state index contributed by atoms with van der Waals surface area (Å²) in [5.74, 6) is -0.623. The summed E-state index contributed by atoms with van der Waals surface area (Å²) in [6.45, 7) is 14.9. The van der Waals surface area contributed by atoms with Crippen molar-refractivity contribution in [1.82, 2.24) is 19.4 Å². The van der Waals surface area contributed by atoms with Gasteiger partial charge in [0, 0.05) is 100.0 Å². The van der Waals surface area contributed by atoms with Crippen molar-refractivity contribution in [3.05, 3.63) is 59.9 Å². The average molecular weight is 675 g/mol. The van der Waals surface area contributed by atoms with E-state index in [-0.39, 0.29) is 24.1 Å². The number of fused-ring (bicyclic) bond motifs is 2. The predicted molar refractivity (Wildman–Crippen MR) is 193 cm³/mol. The highest BCUT2D eigenvalue weighted by molar-refractivity contribution is 6.06. The normalized spacial score (nSPS) is 18.3. The summed E-state index contributed by atoms with van der Waals surface area (Å²) in [5, 5.41) is 5.26. The Morgan fingerprint density at radius 3 is 1.71 bits per heavy atom. The molecule has 0 aliphatic carbocycles. The van der Waals surface area contributed by atoms with Crippen molar-refractivity contribution >= 4 is 51.2 Å². The van der Waals surface area contributed by atoms with Gasteiger partial charge in [-0.15, -0.1) is 0 Å². The number of aromatic nitrogens is 2. The Labute approximate surface area is 288 Å². The number of amides is 1. The minimum absolute atomic E-state index is 0.0401. The molecule has 2 aromatic carbocycles. The number of anilines is 2. The van der Waals surface area contributed by atoms with Gasteiger partial charge in [-0.1, -0.05) is 0 Å². The number of carbonyl (C=O) groups is 3. The zero-order valence-electron chi connectivity index (χ0n) is 30.2. The number of nitrogens with zero attached hydrogens (tertiary/aromatic N) is 5. The lowest BCUT2D eigenvalue weighted by Gasteiger charge is -2.41. The molecule has 12 heteroatoms. The Balaban J connectivity index is 0.000000199. The number of ether oxygens (including phenoxy) is 3. The van der Waals surface area contributed by atoms with E-state index < -0.39 is 5.60 Å². The van der Waals surface area contributed by atoms with Gasteiger partial charge in [-0.25, -0.2) is 14.4 Å². The number of esters is 2. The van der Waals surface area contributed by atoms with Crippen LogP contribution in [0.5, 0.6) is 0 Å². The number of hydrogen-bond donors (Lipinski definition) is 1. The van der Waals surface area contributed by atoms with Gasteiger partial charge in [0.1, 0.15) is 5.60 Å². The lowest BCUT2D eigenvalue weighted by Crippen LogP contribution is -2.55. The first kappa shape index (κ1) is 35.6. The van der Waals surface area contributed by atoms with E-state index in [4.69, 9.17) is 14.2 Å². The second-order valence-corrected chi connectivity index (χ2v) is 14.0. The fourth-order valence-corrected chi connectivity index (χ4v) is 6.63. The fourth-order valence-electron chi connectivity index (χ4n) is 6.63. The Morgan fingerprint density at radius 1 is 0.755 bits per heavy atom. The molecular weight excluding hydrogens is 624 g/mol. The molecule has 2 aliphatic heterocycles. The number of hydrogen-bond acceptors (Lipinski definition) is 9. The van der Waals surface area contributed by atoms with Gasteiger partial charge in [0.25, 0.3) is 0 Å². The number of methoxy groups -OCH3 is 2. The SMILES string of the molecule is COC(=O)c1cn(C)c2cc(N3CCN(C(=O)OC(C)(C)C)[C@@H](C)C3)ccc12.COC(=O)c1cn(C)c2cc(N3CCN[C@@H](C)C3)ccc12. The number of nitrogens with one attached hydrogen (secondary N) is 1. The molecule has 12 nitrogen and oxygen atoms in total. The molecule has 0 spiro atoms. The Kier molecular flexibility index (Phi) is 10.5. The van der Waals surface area contributed by atoms with Gasteiger partial charge in [0.2, 0.25) is 0 Å². The average Bonchev–Trinajstić information content (AvgIpc) is 3.58. The Hall–Kier alpha value is -4.71. The van der Waals surface area contributed by atoms with Gasteiger partial charge in [0.05, 0.1) is 36.4 Å². The highest BCUT2D eigenvalue weighted by atomic mass is 16.6. The first-order valence-corrected chi connectivity index (χ1v) is 16.8. The maximum atomic E-state index is 12.4. The molecule has 49 heavy (non-hydrogen) atoms. The van der Waals surface area contributed by atoms with Crippen molar-refractivity contribution < 1.29 is 28.6 Å². The van der Waals surface area contributed by atoms with Gasteiger partial charge in [-0.05, 0) is 71.0 Å². The minimum atomic E-state index is -0.497. The third kappa shape index (κ3) is 7.80. The lowest BCUT2D eigenvalue weighted by atomic mass is 10.1. The molecule has 1 N–H and O–H groups in total. The summed E-state index contributed by atoms with van der Waals surface area (Å²) in [6.07, 6.45) is 3.37. The number of piperazine rings is 2. The van der Waals surface area contributed by atoms with E-state index >= 15 is 0 Å². The second-order valence-electron chi connectivity index (χ2n) is 14.0. The second kappa shape index (κ2) is 14.4. The molecule has 264 valence electrons. The topological polar surface area (TPSA) is 111 Å². The Bertz CT molecular complexity index is 1840. The van der Waals surface area contributed by atoms with Crippen LogP contribution in [0.4, 0.5) is 16.2 Å². The molecule has 2 fully saturated rings. The third-order valence-corrected chi connectivity index (χ3v) is 9.11. The molecule has 0 unspecified atom stereocenters. The van der Waals surface area contributed by atoms with Crippen LogP contribution in [0, 0.1) is 0 Å². The van der Waals surface area contributed by atoms with E-state index in [1.165, 1.54) is 19.9 Å². The predicted octanol–water partition coefficient (Wildman–Crippen LogP) is 5.17. The standard InChI is InChI=1S/C21H29N3O4.C16H21N3O2/c1-14-12-23(9-10-24(14)20(26)28-21(2,3)4)15-7-8-16-17(19(25)27-6)13-22(5)18(16)11-15;1-11-9-19(7-6-17-11)12-4-5-13-14(16(20)21-3)10-18(2)15(13)8-12/h7-8,11,13-14H,9-10,12H2,1-6H3;4-5,8,10-11,17H,6-7,9H2,1-3H3/t14-;11-/m00/s1. The van der Waals surface area contributed by atoms with E-state index in [1.807, 2.05) is 75.3 Å². The van der Waals surface area contributed by atoms with Crippen LogP contribution in [0.25, 0.3) is 21.8 Å². The van der Waals surface area contributed by atoms with Gasteiger partial charge >= 0.3 is 18.0 Å². The molecule has 4 heterocycles. The smallest absolute Gasteiger partial charge is 0.410 e. The monoisotopic (exact) mass is 674 g/mol. The number of benzene rings is 2. The Morgan fingerprint density at radius 2 is 1.27 bits per heavy atom. The number of carbonyl (C=O) groups excluding carboxylic acids is 3. The van der Waals surface area contributed by atoms with Crippen LogP contribution in [0.15, 0.2) is 48.8 Å². The van der Waals surface area contributed by atoms with Crippen molar-refractivity contribution in [3.8, 4) is 0 Å². The van der Waals surface area contributed by atoms with Crippen LogP contribution in [-0.2, 0) is 28.3 Å². The zero-order chi connectivity index (χ0) is 35.6. The van der Waals surface area contributed by atoms with Crippen molar-refractivity contribution in [3.63, 3.8) is 0 Å². The number of rotatable bonds is 4. The summed E-state index contributed by atoms with van der Waals surface area (Å²) >= 11 is 0. The quantitative estimate of drug-likeness (QED) is 0.232. The molecule has 2 saturated heterocycles. The summed E-state index contributed by atoms with van der Waals surface area (Å²) in [5.41, 5.74) is 4.99. The summed E-state index contributed by atoms with van der Waals surface area (Å²) in [4.78, 5) is 42.6. The van der Waals surface area contributed by atoms with E-state index in [2.05, 4.69) is 40.2 Å². The van der Waals surface area contributed by atoms with Crippen LogP contribution in [0.1, 0.15) is 55.3 Å². The fraction of sp³-hybridized carbons (Fsp3) is 0.486. The van der Waals surface area contributed by atoms with Gasteiger partial charge in [-0.2, -0.15) is 0 Å². The first-order valence-electron chi connectivity index (χ1n) is 16.8. The highest BCUT2D eigenvalue weighted by Gasteiger charge is 2.31. The van der Waals surface area contributed by atoms with E-state index in [1.54, 1.807) is 11.1 Å². The largest absolute Gasteiger partial charge is 0.465 e. The maximum Gasteiger partial charge on any atom is 0.410 e. The van der Waals surface area contributed by atoms with Crippen LogP contribution < -0.4 is 15.1 Å². The van der Waals surface area contributed by atoms with Crippen molar-refractivity contribution in [2.75, 3.05) is 63.3 Å². The molecule has 2 aliphatic rings. The molecule has 4 aromatic rings. The molecule has 2 atom stereocenters. The molecule has 2 aromatic heterocycles. The molecule has 6 rings (SSSR count). The summed E-state index contributed by atoms with van der Waals surface area (Å²) < 4.78 is 19.2. The maximum absolute atomic E-state index is 12.4.